The van der Waals surface area contributed by atoms with Gasteiger partial charge >= 0.3 is 0 Å². The van der Waals surface area contributed by atoms with Crippen LogP contribution in [0.25, 0.3) is 11.5 Å². The molecule has 17 heavy (non-hydrogen) atoms. The summed E-state index contributed by atoms with van der Waals surface area (Å²) >= 11 is 3.52. The van der Waals surface area contributed by atoms with Crippen LogP contribution in [0.1, 0.15) is 30.8 Å². The van der Waals surface area contributed by atoms with Gasteiger partial charge in [-0.25, -0.2) is 0 Å². The van der Waals surface area contributed by atoms with Crippen LogP contribution in [0.2, 0.25) is 0 Å². The Labute approximate surface area is 108 Å². The van der Waals surface area contributed by atoms with Gasteiger partial charge in [0, 0.05) is 4.47 Å². The highest BCUT2D eigenvalue weighted by atomic mass is 79.9. The van der Waals surface area contributed by atoms with Crippen LogP contribution in [0.4, 0.5) is 0 Å². The lowest BCUT2D eigenvalue weighted by atomic mass is 10.1. The fraction of sp³-hybridized carbons (Fsp3) is 0.333. The van der Waals surface area contributed by atoms with Gasteiger partial charge in [0.05, 0.1) is 11.6 Å². The van der Waals surface area contributed by atoms with E-state index in [1.807, 2.05) is 32.0 Å². The third-order valence-electron chi connectivity index (χ3n) is 2.64. The zero-order valence-corrected chi connectivity index (χ0v) is 11.4. The van der Waals surface area contributed by atoms with E-state index >= 15 is 0 Å². The van der Waals surface area contributed by atoms with Crippen LogP contribution >= 0.6 is 15.9 Å². The lowest BCUT2D eigenvalue weighted by molar-refractivity contribution is 0.415. The molecule has 0 bridgehead atoms. The Morgan fingerprint density at radius 3 is 2.94 bits per heavy atom. The van der Waals surface area contributed by atoms with Gasteiger partial charge in [0.25, 0.3) is 5.89 Å². The third kappa shape index (κ3) is 2.40. The molecule has 1 atom stereocenters. The van der Waals surface area contributed by atoms with E-state index in [9.17, 15) is 0 Å². The van der Waals surface area contributed by atoms with Gasteiger partial charge in [-0.05, 0) is 40.9 Å². The smallest absolute Gasteiger partial charge is 0.259 e. The van der Waals surface area contributed by atoms with E-state index in [4.69, 9.17) is 10.3 Å². The summed E-state index contributed by atoms with van der Waals surface area (Å²) in [6, 6.07) is 5.74. The molecule has 0 fully saturated rings. The third-order valence-corrected chi connectivity index (χ3v) is 3.69. The van der Waals surface area contributed by atoms with Crippen molar-refractivity contribution >= 4 is 15.9 Å². The van der Waals surface area contributed by atoms with E-state index in [-0.39, 0.29) is 6.04 Å². The minimum Gasteiger partial charge on any atom is -0.334 e. The largest absolute Gasteiger partial charge is 0.334 e. The number of aryl methyl sites for hydroxylation is 1. The van der Waals surface area contributed by atoms with Crippen LogP contribution in [0, 0.1) is 6.92 Å². The zero-order chi connectivity index (χ0) is 12.4. The molecule has 0 saturated carbocycles. The molecule has 1 aromatic carbocycles. The standard InChI is InChI=1S/C12H14BrN3O/c1-3-9(14)11-15-12(17-16-11)8-6-4-5-7(2)10(8)13/h4-6,9H,3,14H2,1-2H3. The maximum absolute atomic E-state index is 5.86. The first-order valence-corrected chi connectivity index (χ1v) is 6.27. The number of benzene rings is 1. The highest BCUT2D eigenvalue weighted by molar-refractivity contribution is 9.10. The van der Waals surface area contributed by atoms with E-state index in [0.717, 1.165) is 22.0 Å². The van der Waals surface area contributed by atoms with Gasteiger partial charge in [-0.2, -0.15) is 4.98 Å². The second kappa shape index (κ2) is 4.98. The van der Waals surface area contributed by atoms with Crippen LogP contribution in [-0.2, 0) is 0 Å². The van der Waals surface area contributed by atoms with Crippen molar-refractivity contribution in [1.29, 1.82) is 0 Å². The van der Waals surface area contributed by atoms with Crippen molar-refractivity contribution < 1.29 is 4.52 Å². The molecule has 2 aromatic rings. The summed E-state index contributed by atoms with van der Waals surface area (Å²) < 4.78 is 6.21. The molecule has 2 N–H and O–H groups in total. The van der Waals surface area contributed by atoms with Crippen molar-refractivity contribution in [2.24, 2.45) is 5.73 Å². The minimum absolute atomic E-state index is 0.170. The van der Waals surface area contributed by atoms with Crippen LogP contribution in [0.3, 0.4) is 0 Å². The van der Waals surface area contributed by atoms with E-state index in [2.05, 4.69) is 26.1 Å². The van der Waals surface area contributed by atoms with E-state index in [1.54, 1.807) is 0 Å². The second-order valence-corrected chi connectivity index (χ2v) is 4.70. The summed E-state index contributed by atoms with van der Waals surface area (Å²) in [5, 5.41) is 3.90. The van der Waals surface area contributed by atoms with Crippen molar-refractivity contribution in [3.05, 3.63) is 34.1 Å². The first-order chi connectivity index (χ1) is 8.13. The van der Waals surface area contributed by atoms with Gasteiger partial charge in [0.1, 0.15) is 0 Å². The molecular weight excluding hydrogens is 282 g/mol. The minimum atomic E-state index is -0.170. The van der Waals surface area contributed by atoms with Gasteiger partial charge < -0.3 is 10.3 Å². The molecular formula is C12H14BrN3O. The Kier molecular flexibility index (Phi) is 3.59. The van der Waals surface area contributed by atoms with Crippen LogP contribution in [0.5, 0.6) is 0 Å². The van der Waals surface area contributed by atoms with Crippen molar-refractivity contribution in [1.82, 2.24) is 10.1 Å². The summed E-state index contributed by atoms with van der Waals surface area (Å²) in [7, 11) is 0. The molecule has 4 nitrogen and oxygen atoms in total. The Morgan fingerprint density at radius 1 is 1.47 bits per heavy atom. The molecule has 1 aromatic heterocycles. The van der Waals surface area contributed by atoms with Crippen LogP contribution < -0.4 is 5.73 Å². The van der Waals surface area contributed by atoms with Crippen molar-refractivity contribution in [2.75, 3.05) is 0 Å². The fourth-order valence-electron chi connectivity index (χ4n) is 1.49. The number of hydrogen-bond acceptors (Lipinski definition) is 4. The topological polar surface area (TPSA) is 64.9 Å². The molecule has 0 radical (unpaired) electrons. The molecule has 0 aliphatic heterocycles. The molecule has 0 aliphatic rings. The quantitative estimate of drug-likeness (QED) is 0.944. The maximum Gasteiger partial charge on any atom is 0.259 e. The van der Waals surface area contributed by atoms with Gasteiger partial charge in [0.2, 0.25) is 0 Å². The Hall–Kier alpha value is -1.20. The van der Waals surface area contributed by atoms with Crippen molar-refractivity contribution in [2.45, 2.75) is 26.3 Å². The molecule has 90 valence electrons. The average molecular weight is 296 g/mol. The van der Waals surface area contributed by atoms with Gasteiger partial charge in [-0.15, -0.1) is 0 Å². The zero-order valence-electron chi connectivity index (χ0n) is 9.77. The van der Waals surface area contributed by atoms with Gasteiger partial charge in [-0.3, -0.25) is 0 Å². The summed E-state index contributed by atoms with van der Waals surface area (Å²) in [6.45, 7) is 4.01. The van der Waals surface area contributed by atoms with Crippen LogP contribution in [-0.4, -0.2) is 10.1 Å². The lowest BCUT2D eigenvalue weighted by Gasteiger charge is -2.02. The number of nitrogens with zero attached hydrogens (tertiary/aromatic N) is 2. The van der Waals surface area contributed by atoms with Gasteiger partial charge in [-0.1, -0.05) is 24.2 Å². The van der Waals surface area contributed by atoms with E-state index in [0.29, 0.717) is 11.7 Å². The summed E-state index contributed by atoms with van der Waals surface area (Å²) in [4.78, 5) is 4.32. The molecule has 0 spiro atoms. The predicted octanol–water partition coefficient (Wildman–Crippen LogP) is 3.22. The fourth-order valence-corrected chi connectivity index (χ4v) is 1.92. The molecule has 1 unspecified atom stereocenters. The Morgan fingerprint density at radius 2 is 2.24 bits per heavy atom. The average Bonchev–Trinajstić information content (AvgIpc) is 2.81. The molecule has 0 amide bonds. The number of nitrogens with two attached hydrogens (primary N) is 1. The normalized spacial score (nSPS) is 12.7. The predicted molar refractivity (Wildman–Crippen MR) is 69.4 cm³/mol. The maximum atomic E-state index is 5.86. The number of rotatable bonds is 3. The monoisotopic (exact) mass is 295 g/mol. The highest BCUT2D eigenvalue weighted by Crippen LogP contribution is 2.30. The Bertz CT molecular complexity index is 524. The van der Waals surface area contributed by atoms with Crippen molar-refractivity contribution in [3.63, 3.8) is 0 Å². The molecule has 0 saturated heterocycles. The van der Waals surface area contributed by atoms with E-state index < -0.39 is 0 Å². The first kappa shape index (κ1) is 12.3. The SMILES string of the molecule is CCC(N)c1noc(-c2cccc(C)c2Br)n1. The van der Waals surface area contributed by atoms with Gasteiger partial charge in [0.15, 0.2) is 5.82 Å². The lowest BCUT2D eigenvalue weighted by Crippen LogP contribution is -2.10. The van der Waals surface area contributed by atoms with E-state index in [1.165, 1.54) is 0 Å². The van der Waals surface area contributed by atoms with Crippen LogP contribution in [0.15, 0.2) is 27.2 Å². The summed E-state index contributed by atoms with van der Waals surface area (Å²) in [5.41, 5.74) is 7.88. The second-order valence-electron chi connectivity index (χ2n) is 3.91. The first-order valence-electron chi connectivity index (χ1n) is 5.48. The number of halogens is 1. The summed E-state index contributed by atoms with van der Waals surface area (Å²) in [6.07, 6.45) is 0.786. The molecule has 2 rings (SSSR count). The number of hydrogen-bond donors (Lipinski definition) is 1. The van der Waals surface area contributed by atoms with Crippen molar-refractivity contribution in [3.8, 4) is 11.5 Å². The molecule has 5 heteroatoms. The summed E-state index contributed by atoms with van der Waals surface area (Å²) in [5.74, 6) is 1.05. The molecule has 1 heterocycles. The Balaban J connectivity index is 2.40. The number of aromatic nitrogens is 2. The molecule has 0 aliphatic carbocycles. The highest BCUT2D eigenvalue weighted by Gasteiger charge is 2.15.